The summed E-state index contributed by atoms with van der Waals surface area (Å²) in [5.41, 5.74) is 0. The summed E-state index contributed by atoms with van der Waals surface area (Å²) in [6, 6.07) is 1.54. The van der Waals surface area contributed by atoms with Crippen molar-refractivity contribution in [3.05, 3.63) is 16.3 Å². The van der Waals surface area contributed by atoms with E-state index in [4.69, 9.17) is 5.11 Å². The molecule has 0 aliphatic carbocycles. The summed E-state index contributed by atoms with van der Waals surface area (Å²) in [5, 5.41) is 10.8. The topological polar surface area (TPSA) is 66.4 Å². The highest BCUT2D eigenvalue weighted by atomic mass is 32.2. The van der Waals surface area contributed by atoms with Crippen molar-refractivity contribution >= 4 is 33.1 Å². The first-order valence-electron chi connectivity index (χ1n) is 6.27. The van der Waals surface area contributed by atoms with Crippen LogP contribution in [0, 0.1) is 0 Å². The fourth-order valence-corrected chi connectivity index (χ4v) is 4.55. The monoisotopic (exact) mass is 323 g/mol. The molecule has 0 aliphatic rings. The van der Waals surface area contributed by atoms with Crippen LogP contribution in [0.4, 0.5) is 0 Å². The van der Waals surface area contributed by atoms with Crippen molar-refractivity contribution < 1.29 is 13.5 Å². The van der Waals surface area contributed by atoms with Crippen LogP contribution < -0.4 is 4.72 Å². The van der Waals surface area contributed by atoms with Gasteiger partial charge in [-0.05, 0) is 36.3 Å². The van der Waals surface area contributed by atoms with E-state index in [1.807, 2.05) is 11.8 Å². The molecule has 19 heavy (non-hydrogen) atoms. The number of hydrogen-bond donors (Lipinski definition) is 2. The van der Waals surface area contributed by atoms with E-state index in [1.165, 1.54) is 29.6 Å². The quantitative estimate of drug-likeness (QED) is 0.649. The van der Waals surface area contributed by atoms with Crippen molar-refractivity contribution in [2.75, 3.05) is 18.6 Å². The number of aliphatic hydroxyl groups is 1. The largest absolute Gasteiger partial charge is 0.391 e. The number of unbranched alkanes of at least 4 members (excludes halogenated alkanes) is 3. The lowest BCUT2D eigenvalue weighted by Gasteiger charge is -2.06. The lowest BCUT2D eigenvalue weighted by Crippen LogP contribution is -2.25. The van der Waals surface area contributed by atoms with Gasteiger partial charge >= 0.3 is 0 Å². The van der Waals surface area contributed by atoms with Crippen molar-refractivity contribution in [3.63, 3.8) is 0 Å². The molecule has 0 atom stereocenters. The zero-order chi connectivity index (χ0) is 14.1. The van der Waals surface area contributed by atoms with Crippen LogP contribution in [0.1, 0.15) is 30.6 Å². The zero-order valence-electron chi connectivity index (χ0n) is 11.1. The Morgan fingerprint density at radius 2 is 2.05 bits per heavy atom. The van der Waals surface area contributed by atoms with Gasteiger partial charge in [0.15, 0.2) is 0 Å². The predicted molar refractivity (Wildman–Crippen MR) is 82.3 cm³/mol. The van der Waals surface area contributed by atoms with E-state index in [-0.39, 0.29) is 11.5 Å². The molecule has 0 unspecified atom stereocenters. The lowest BCUT2D eigenvalue weighted by molar-refractivity contribution is 0.282. The number of hydrogen-bond acceptors (Lipinski definition) is 5. The summed E-state index contributed by atoms with van der Waals surface area (Å²) in [4.78, 5) is 0.704. The second kappa shape index (κ2) is 8.97. The zero-order valence-corrected chi connectivity index (χ0v) is 13.5. The van der Waals surface area contributed by atoms with Crippen LogP contribution in [-0.2, 0) is 16.6 Å². The molecule has 7 heteroatoms. The Hall–Kier alpha value is -0.0800. The maximum atomic E-state index is 12.0. The molecule has 1 rings (SSSR count). The molecule has 1 aromatic rings. The van der Waals surface area contributed by atoms with Gasteiger partial charge in [0.2, 0.25) is 10.0 Å². The van der Waals surface area contributed by atoms with Gasteiger partial charge in [0.25, 0.3) is 0 Å². The molecule has 0 fully saturated rings. The smallest absolute Gasteiger partial charge is 0.241 e. The van der Waals surface area contributed by atoms with E-state index in [0.29, 0.717) is 11.4 Å². The molecule has 4 nitrogen and oxygen atoms in total. The van der Waals surface area contributed by atoms with Gasteiger partial charge in [-0.2, -0.15) is 11.8 Å². The summed E-state index contributed by atoms with van der Waals surface area (Å²) < 4.78 is 26.6. The van der Waals surface area contributed by atoms with Crippen LogP contribution in [0.2, 0.25) is 0 Å². The van der Waals surface area contributed by atoms with Gasteiger partial charge in [-0.1, -0.05) is 12.8 Å². The van der Waals surface area contributed by atoms with Crippen molar-refractivity contribution in [1.82, 2.24) is 4.72 Å². The summed E-state index contributed by atoms with van der Waals surface area (Å²) in [6.45, 7) is 0.227. The van der Waals surface area contributed by atoms with E-state index in [2.05, 4.69) is 11.0 Å². The van der Waals surface area contributed by atoms with Gasteiger partial charge in [-0.25, -0.2) is 13.1 Å². The normalized spacial score (nSPS) is 11.9. The molecule has 1 aromatic heterocycles. The predicted octanol–water partition coefficient (Wildman–Crippen LogP) is 2.44. The van der Waals surface area contributed by atoms with Crippen molar-refractivity contribution in [2.24, 2.45) is 0 Å². The van der Waals surface area contributed by atoms with E-state index in [1.54, 1.807) is 5.38 Å². The van der Waals surface area contributed by atoms with Gasteiger partial charge in [0.05, 0.1) is 11.5 Å². The third-order valence-electron chi connectivity index (χ3n) is 2.70. The summed E-state index contributed by atoms with van der Waals surface area (Å²) >= 11 is 3.10. The Balaban J connectivity index is 2.32. The summed E-state index contributed by atoms with van der Waals surface area (Å²) in [7, 11) is -3.46. The molecule has 0 radical (unpaired) electrons. The Kier molecular flexibility index (Phi) is 8.01. The van der Waals surface area contributed by atoms with Gasteiger partial charge in [0, 0.05) is 11.4 Å². The fraction of sp³-hybridized carbons (Fsp3) is 0.667. The number of sulfonamides is 1. The van der Waals surface area contributed by atoms with Crippen LogP contribution in [0.15, 0.2) is 16.3 Å². The van der Waals surface area contributed by atoms with Crippen LogP contribution in [-0.4, -0.2) is 32.1 Å². The Morgan fingerprint density at radius 1 is 1.32 bits per heavy atom. The molecule has 2 N–H and O–H groups in total. The summed E-state index contributed by atoms with van der Waals surface area (Å²) in [5.74, 6) is 1.17. The number of nitrogens with one attached hydrogen (secondary N) is 1. The average Bonchev–Trinajstić information content (AvgIpc) is 2.87. The molecule has 110 valence electrons. The molecule has 0 bridgehead atoms. The van der Waals surface area contributed by atoms with Crippen molar-refractivity contribution in [2.45, 2.75) is 37.2 Å². The minimum atomic E-state index is -3.46. The van der Waals surface area contributed by atoms with Gasteiger partial charge in [-0.3, -0.25) is 0 Å². The number of thiophene rings is 1. The first-order chi connectivity index (χ1) is 9.11. The highest BCUT2D eigenvalue weighted by Gasteiger charge is 2.18. The highest BCUT2D eigenvalue weighted by Crippen LogP contribution is 2.21. The van der Waals surface area contributed by atoms with Crippen molar-refractivity contribution in [3.8, 4) is 0 Å². The number of thioether (sulfide) groups is 1. The van der Waals surface area contributed by atoms with Crippen LogP contribution >= 0.6 is 23.1 Å². The fourth-order valence-electron chi connectivity index (χ4n) is 1.69. The second-order valence-electron chi connectivity index (χ2n) is 4.17. The van der Waals surface area contributed by atoms with E-state index < -0.39 is 10.0 Å². The van der Waals surface area contributed by atoms with E-state index in [0.717, 1.165) is 19.3 Å². The van der Waals surface area contributed by atoms with Crippen LogP contribution in [0.5, 0.6) is 0 Å². The Bertz CT molecular complexity index is 457. The van der Waals surface area contributed by atoms with Gasteiger partial charge in [0.1, 0.15) is 0 Å². The van der Waals surface area contributed by atoms with Crippen LogP contribution in [0.25, 0.3) is 0 Å². The van der Waals surface area contributed by atoms with Crippen LogP contribution in [0.3, 0.4) is 0 Å². The molecule has 0 saturated heterocycles. The maximum absolute atomic E-state index is 12.0. The molecule has 0 aliphatic heterocycles. The minimum absolute atomic E-state index is 0.211. The number of rotatable bonds is 10. The lowest BCUT2D eigenvalue weighted by atomic mass is 10.2. The van der Waals surface area contributed by atoms with Gasteiger partial charge < -0.3 is 5.11 Å². The molecule has 0 aromatic carbocycles. The SMILES string of the molecule is CSCCCCCCNS(=O)(=O)c1ccsc1CO. The van der Waals surface area contributed by atoms with Gasteiger partial charge in [-0.15, -0.1) is 11.3 Å². The molecular formula is C12H21NO3S3. The Morgan fingerprint density at radius 3 is 2.74 bits per heavy atom. The summed E-state index contributed by atoms with van der Waals surface area (Å²) in [6.07, 6.45) is 6.32. The third-order valence-corrected chi connectivity index (χ3v) is 5.98. The first-order valence-corrected chi connectivity index (χ1v) is 10.0. The molecular weight excluding hydrogens is 302 g/mol. The molecule has 0 amide bonds. The standard InChI is InChI=1S/C12H21NO3S3/c1-17-8-5-3-2-4-7-13-19(15,16)12-6-9-18-11(12)10-14/h6,9,13-14H,2-5,7-8,10H2,1H3. The van der Waals surface area contributed by atoms with E-state index >= 15 is 0 Å². The van der Waals surface area contributed by atoms with Crippen molar-refractivity contribution in [1.29, 1.82) is 0 Å². The average molecular weight is 324 g/mol. The highest BCUT2D eigenvalue weighted by molar-refractivity contribution is 7.98. The second-order valence-corrected chi connectivity index (χ2v) is 7.89. The maximum Gasteiger partial charge on any atom is 0.241 e. The third kappa shape index (κ3) is 5.83. The first kappa shape index (κ1) is 17.0. The Labute approximate surface area is 123 Å². The van der Waals surface area contributed by atoms with E-state index in [9.17, 15) is 8.42 Å². The molecule has 0 spiro atoms. The molecule has 0 saturated carbocycles. The molecule has 1 heterocycles. The number of aliphatic hydroxyl groups excluding tert-OH is 1. The minimum Gasteiger partial charge on any atom is -0.391 e.